The molecule has 5 heteroatoms. The fraction of sp³-hybridized carbons (Fsp3) is 0.556. The summed E-state index contributed by atoms with van der Waals surface area (Å²) < 4.78 is 5.28. The van der Waals surface area contributed by atoms with Crippen molar-refractivity contribution in [1.29, 1.82) is 0 Å². The van der Waals surface area contributed by atoms with Gasteiger partial charge in [0.05, 0.1) is 0 Å². The first-order valence-corrected chi connectivity index (χ1v) is 7.82. The minimum atomic E-state index is -0.571. The lowest BCUT2D eigenvalue weighted by molar-refractivity contribution is -0.117. The molecule has 5 nitrogen and oxygen atoms in total. The summed E-state index contributed by atoms with van der Waals surface area (Å²) in [5.41, 5.74) is -0.105. The molecule has 1 aromatic carbocycles. The first-order chi connectivity index (χ1) is 10.5. The van der Waals surface area contributed by atoms with E-state index in [1.165, 1.54) is 0 Å². The van der Waals surface area contributed by atoms with Crippen LogP contribution in [0.3, 0.4) is 0 Å². The molecular formula is C18H28N2O3. The minimum Gasteiger partial charge on any atom is -0.444 e. The van der Waals surface area contributed by atoms with E-state index in [-0.39, 0.29) is 23.8 Å². The molecule has 1 aromatic rings. The topological polar surface area (TPSA) is 67.4 Å². The monoisotopic (exact) mass is 320 g/mol. The number of alkyl carbamates (subject to hydrolysis) is 1. The number of carbonyl (C=O) groups excluding carboxylic acids is 2. The Labute approximate surface area is 138 Å². The molecule has 0 saturated heterocycles. The molecule has 2 amide bonds. The molecule has 23 heavy (non-hydrogen) atoms. The van der Waals surface area contributed by atoms with Crippen LogP contribution in [0, 0.1) is 5.41 Å². The molecule has 128 valence electrons. The third-order valence-electron chi connectivity index (χ3n) is 3.18. The van der Waals surface area contributed by atoms with Gasteiger partial charge in [0.2, 0.25) is 5.91 Å². The Morgan fingerprint density at radius 1 is 1.04 bits per heavy atom. The van der Waals surface area contributed by atoms with Crippen molar-refractivity contribution in [2.24, 2.45) is 5.41 Å². The molecule has 0 fully saturated rings. The van der Waals surface area contributed by atoms with Gasteiger partial charge in [-0.15, -0.1) is 0 Å². The van der Waals surface area contributed by atoms with Gasteiger partial charge < -0.3 is 15.4 Å². The van der Waals surface area contributed by atoms with Crippen LogP contribution in [0.25, 0.3) is 0 Å². The lowest BCUT2D eigenvalue weighted by Crippen LogP contribution is -2.47. The first kappa shape index (κ1) is 19.0. The zero-order valence-electron chi connectivity index (χ0n) is 14.9. The molecule has 0 heterocycles. The third-order valence-corrected chi connectivity index (χ3v) is 3.18. The van der Waals surface area contributed by atoms with Crippen LogP contribution in [0.2, 0.25) is 0 Å². The van der Waals surface area contributed by atoms with Gasteiger partial charge in [0.25, 0.3) is 0 Å². The van der Waals surface area contributed by atoms with Gasteiger partial charge in [0.1, 0.15) is 5.60 Å². The summed E-state index contributed by atoms with van der Waals surface area (Å²) in [6.07, 6.45) is -0.331. The SMILES string of the molecule is CC(C)(C)OC(=O)N[C@@H](CC(=O)Nc1ccccc1)C(C)(C)C. The molecule has 0 aliphatic carbocycles. The van der Waals surface area contributed by atoms with Crippen molar-refractivity contribution in [3.8, 4) is 0 Å². The summed E-state index contributed by atoms with van der Waals surface area (Å²) in [6.45, 7) is 11.4. The Balaban J connectivity index is 2.68. The Kier molecular flexibility index (Phi) is 6.19. The molecule has 1 rings (SSSR count). The van der Waals surface area contributed by atoms with Gasteiger partial charge in [0.15, 0.2) is 0 Å². The second kappa shape index (κ2) is 7.49. The highest BCUT2D eigenvalue weighted by Gasteiger charge is 2.30. The summed E-state index contributed by atoms with van der Waals surface area (Å²) in [5, 5.41) is 5.64. The van der Waals surface area contributed by atoms with E-state index < -0.39 is 11.7 Å². The Bertz CT molecular complexity index is 527. The maximum Gasteiger partial charge on any atom is 0.407 e. The number of nitrogens with one attached hydrogen (secondary N) is 2. The van der Waals surface area contributed by atoms with Gasteiger partial charge in [-0.3, -0.25) is 4.79 Å². The predicted molar refractivity (Wildman–Crippen MR) is 92.3 cm³/mol. The van der Waals surface area contributed by atoms with Crippen LogP contribution in [0.4, 0.5) is 10.5 Å². The lowest BCUT2D eigenvalue weighted by atomic mass is 9.84. The van der Waals surface area contributed by atoms with Crippen LogP contribution >= 0.6 is 0 Å². The number of para-hydroxylation sites is 1. The molecule has 1 atom stereocenters. The molecule has 0 aliphatic heterocycles. The van der Waals surface area contributed by atoms with E-state index in [9.17, 15) is 9.59 Å². The molecule has 0 aromatic heterocycles. The molecule has 0 aliphatic rings. The van der Waals surface area contributed by atoms with E-state index in [0.29, 0.717) is 0 Å². The van der Waals surface area contributed by atoms with E-state index in [1.807, 2.05) is 51.1 Å². The molecule has 0 bridgehead atoms. The molecule has 0 saturated carbocycles. The van der Waals surface area contributed by atoms with Crippen LogP contribution in [0.15, 0.2) is 30.3 Å². The smallest absolute Gasteiger partial charge is 0.407 e. The summed E-state index contributed by atoms with van der Waals surface area (Å²) in [6, 6.07) is 8.92. The summed E-state index contributed by atoms with van der Waals surface area (Å²) >= 11 is 0. The van der Waals surface area contributed by atoms with Crippen molar-refractivity contribution in [3.05, 3.63) is 30.3 Å². The van der Waals surface area contributed by atoms with Crippen LogP contribution in [-0.2, 0) is 9.53 Å². The van der Waals surface area contributed by atoms with Crippen LogP contribution in [-0.4, -0.2) is 23.6 Å². The number of benzene rings is 1. The number of anilines is 1. The second-order valence-corrected chi connectivity index (χ2v) is 7.68. The number of amides is 2. The van der Waals surface area contributed by atoms with Crippen molar-refractivity contribution in [2.75, 3.05) is 5.32 Å². The average Bonchev–Trinajstić information content (AvgIpc) is 2.35. The minimum absolute atomic E-state index is 0.146. The maximum atomic E-state index is 12.2. The zero-order valence-corrected chi connectivity index (χ0v) is 14.9. The normalized spacial score (nSPS) is 13.1. The van der Waals surface area contributed by atoms with Gasteiger partial charge >= 0.3 is 6.09 Å². The molecule has 0 spiro atoms. The second-order valence-electron chi connectivity index (χ2n) is 7.68. The van der Waals surface area contributed by atoms with Gasteiger partial charge in [-0.05, 0) is 38.3 Å². The highest BCUT2D eigenvalue weighted by Crippen LogP contribution is 2.23. The van der Waals surface area contributed by atoms with Crippen LogP contribution in [0.5, 0.6) is 0 Å². The highest BCUT2D eigenvalue weighted by molar-refractivity contribution is 5.91. The van der Waals surface area contributed by atoms with Gasteiger partial charge in [-0.1, -0.05) is 39.0 Å². The van der Waals surface area contributed by atoms with Crippen LogP contribution < -0.4 is 10.6 Å². The Morgan fingerprint density at radius 2 is 1.61 bits per heavy atom. The van der Waals surface area contributed by atoms with E-state index in [0.717, 1.165) is 5.69 Å². The maximum absolute atomic E-state index is 12.2. The van der Waals surface area contributed by atoms with Crippen molar-refractivity contribution in [3.63, 3.8) is 0 Å². The van der Waals surface area contributed by atoms with Crippen molar-refractivity contribution in [2.45, 2.75) is 59.6 Å². The highest BCUT2D eigenvalue weighted by atomic mass is 16.6. The van der Waals surface area contributed by atoms with Gasteiger partial charge in [-0.2, -0.15) is 0 Å². The zero-order chi connectivity index (χ0) is 17.7. The number of rotatable bonds is 4. The van der Waals surface area contributed by atoms with E-state index in [2.05, 4.69) is 10.6 Å². The van der Waals surface area contributed by atoms with E-state index in [4.69, 9.17) is 4.74 Å². The number of hydrogen-bond acceptors (Lipinski definition) is 3. The Morgan fingerprint density at radius 3 is 2.09 bits per heavy atom. The fourth-order valence-electron chi connectivity index (χ4n) is 1.94. The number of hydrogen-bond donors (Lipinski definition) is 2. The lowest BCUT2D eigenvalue weighted by Gasteiger charge is -2.32. The van der Waals surface area contributed by atoms with Gasteiger partial charge in [0, 0.05) is 18.2 Å². The number of carbonyl (C=O) groups is 2. The van der Waals surface area contributed by atoms with E-state index >= 15 is 0 Å². The van der Waals surface area contributed by atoms with Gasteiger partial charge in [-0.25, -0.2) is 4.79 Å². The van der Waals surface area contributed by atoms with Crippen molar-refractivity contribution in [1.82, 2.24) is 5.32 Å². The third kappa shape index (κ3) is 7.68. The first-order valence-electron chi connectivity index (χ1n) is 7.82. The van der Waals surface area contributed by atoms with Crippen molar-refractivity contribution < 1.29 is 14.3 Å². The number of ether oxygens (including phenoxy) is 1. The van der Waals surface area contributed by atoms with E-state index in [1.54, 1.807) is 20.8 Å². The summed E-state index contributed by atoms with van der Waals surface area (Å²) in [7, 11) is 0. The quantitative estimate of drug-likeness (QED) is 0.882. The molecular weight excluding hydrogens is 292 g/mol. The summed E-state index contributed by atoms with van der Waals surface area (Å²) in [4.78, 5) is 24.2. The fourth-order valence-corrected chi connectivity index (χ4v) is 1.94. The van der Waals surface area contributed by atoms with Crippen LogP contribution in [0.1, 0.15) is 48.0 Å². The molecule has 0 radical (unpaired) electrons. The standard InChI is InChI=1S/C18H28N2O3/c1-17(2,3)14(20-16(22)23-18(4,5)6)12-15(21)19-13-10-8-7-9-11-13/h7-11,14H,12H2,1-6H3,(H,19,21)(H,20,22)/t14-/m0/s1. The Hall–Kier alpha value is -2.04. The molecule has 2 N–H and O–H groups in total. The average molecular weight is 320 g/mol. The largest absolute Gasteiger partial charge is 0.444 e. The summed E-state index contributed by atoms with van der Waals surface area (Å²) in [5.74, 6) is -0.146. The van der Waals surface area contributed by atoms with Crippen molar-refractivity contribution >= 4 is 17.7 Å². The predicted octanol–water partition coefficient (Wildman–Crippen LogP) is 3.95. The molecule has 0 unspecified atom stereocenters.